The number of unbranched alkanes of at least 4 members (excludes halogenated alkanes) is 15. The maximum atomic E-state index is 11.9. The molecular formula is C26H46N2O. The van der Waals surface area contributed by atoms with Crippen molar-refractivity contribution >= 4 is 11.7 Å². The highest BCUT2D eigenvalue weighted by molar-refractivity contribution is 5.89. The van der Waals surface area contributed by atoms with Gasteiger partial charge in [0.25, 0.3) is 0 Å². The fourth-order valence-corrected chi connectivity index (χ4v) is 3.75. The van der Waals surface area contributed by atoms with Gasteiger partial charge in [0.15, 0.2) is 0 Å². The van der Waals surface area contributed by atoms with Gasteiger partial charge in [-0.15, -0.1) is 0 Å². The molecule has 0 aromatic heterocycles. The molecule has 0 aliphatic heterocycles. The second-order valence-corrected chi connectivity index (χ2v) is 8.50. The molecule has 0 heterocycles. The number of aryl methyl sites for hydroxylation is 1. The van der Waals surface area contributed by atoms with E-state index in [4.69, 9.17) is 0 Å². The summed E-state index contributed by atoms with van der Waals surface area (Å²) in [6, 6.07) is 7.77. The lowest BCUT2D eigenvalue weighted by atomic mass is 10.0. The number of amides is 2. The van der Waals surface area contributed by atoms with E-state index in [0.29, 0.717) is 0 Å². The minimum absolute atomic E-state index is 0.0970. The molecule has 0 atom stereocenters. The molecule has 2 N–H and O–H groups in total. The fraction of sp³-hybridized carbons (Fsp3) is 0.731. The van der Waals surface area contributed by atoms with Crippen LogP contribution in [0.1, 0.15) is 115 Å². The van der Waals surface area contributed by atoms with Crippen molar-refractivity contribution in [1.29, 1.82) is 0 Å². The highest BCUT2D eigenvalue weighted by atomic mass is 16.2. The number of carbonyl (C=O) groups excluding carboxylic acids is 1. The third-order valence-corrected chi connectivity index (χ3v) is 5.71. The van der Waals surface area contributed by atoms with Crippen LogP contribution >= 0.6 is 0 Å². The lowest BCUT2D eigenvalue weighted by Crippen LogP contribution is -2.29. The van der Waals surface area contributed by atoms with Crippen LogP contribution in [0.3, 0.4) is 0 Å². The predicted molar refractivity (Wildman–Crippen MR) is 128 cm³/mol. The first-order valence-electron chi connectivity index (χ1n) is 12.3. The number of urea groups is 1. The molecule has 3 heteroatoms. The highest BCUT2D eigenvalue weighted by Crippen LogP contribution is 2.14. The summed E-state index contributed by atoms with van der Waals surface area (Å²) < 4.78 is 0. The average molecular weight is 403 g/mol. The number of benzene rings is 1. The van der Waals surface area contributed by atoms with E-state index in [0.717, 1.165) is 24.2 Å². The molecule has 0 fully saturated rings. The number of anilines is 1. The molecule has 0 saturated carbocycles. The molecule has 1 rings (SSSR count). The third-order valence-electron chi connectivity index (χ3n) is 5.71. The van der Waals surface area contributed by atoms with Gasteiger partial charge in [0.1, 0.15) is 0 Å². The largest absolute Gasteiger partial charge is 0.338 e. The maximum Gasteiger partial charge on any atom is 0.319 e. The van der Waals surface area contributed by atoms with Gasteiger partial charge in [-0.3, -0.25) is 0 Å². The number of hydrogen-bond acceptors (Lipinski definition) is 1. The van der Waals surface area contributed by atoms with Crippen molar-refractivity contribution in [1.82, 2.24) is 5.32 Å². The molecule has 0 aliphatic carbocycles. The second-order valence-electron chi connectivity index (χ2n) is 8.50. The van der Waals surface area contributed by atoms with Crippen LogP contribution in [0.5, 0.6) is 0 Å². The van der Waals surface area contributed by atoms with Gasteiger partial charge < -0.3 is 10.6 Å². The summed E-state index contributed by atoms with van der Waals surface area (Å²) in [5.74, 6) is 0. The van der Waals surface area contributed by atoms with Crippen molar-refractivity contribution in [3.8, 4) is 0 Å². The van der Waals surface area contributed by atoms with Crippen LogP contribution in [0.2, 0.25) is 0 Å². The van der Waals surface area contributed by atoms with Crippen molar-refractivity contribution in [2.45, 2.75) is 117 Å². The van der Waals surface area contributed by atoms with Gasteiger partial charge in [-0.2, -0.15) is 0 Å². The molecule has 1 aromatic carbocycles. The van der Waals surface area contributed by atoms with Gasteiger partial charge in [-0.05, 0) is 25.0 Å². The summed E-state index contributed by atoms with van der Waals surface area (Å²) in [4.78, 5) is 11.9. The van der Waals surface area contributed by atoms with E-state index >= 15 is 0 Å². The Balaban J connectivity index is 1.79. The normalized spacial score (nSPS) is 10.8. The maximum absolute atomic E-state index is 11.9. The quantitative estimate of drug-likeness (QED) is 0.238. The summed E-state index contributed by atoms with van der Waals surface area (Å²) in [6.45, 7) is 5.05. The van der Waals surface area contributed by atoms with Gasteiger partial charge >= 0.3 is 6.03 Å². The Morgan fingerprint density at radius 2 is 1.14 bits per heavy atom. The van der Waals surface area contributed by atoms with Crippen molar-refractivity contribution in [2.24, 2.45) is 0 Å². The third kappa shape index (κ3) is 15.1. The molecule has 3 nitrogen and oxygen atoms in total. The average Bonchev–Trinajstić information content (AvgIpc) is 2.72. The van der Waals surface area contributed by atoms with Gasteiger partial charge in [-0.1, -0.05) is 121 Å². The first-order chi connectivity index (χ1) is 14.2. The summed E-state index contributed by atoms with van der Waals surface area (Å²) in [6.07, 6.45) is 21.9. The summed E-state index contributed by atoms with van der Waals surface area (Å²) >= 11 is 0. The number of nitrogens with one attached hydrogen (secondary N) is 2. The lowest BCUT2D eigenvalue weighted by Gasteiger charge is -2.09. The Morgan fingerprint density at radius 1 is 0.690 bits per heavy atom. The monoisotopic (exact) mass is 402 g/mol. The molecule has 29 heavy (non-hydrogen) atoms. The zero-order chi connectivity index (χ0) is 21.0. The number of para-hydroxylation sites is 1. The molecule has 0 spiro atoms. The number of rotatable bonds is 18. The molecular weight excluding hydrogens is 356 g/mol. The van der Waals surface area contributed by atoms with E-state index in [1.54, 1.807) is 0 Å². The van der Waals surface area contributed by atoms with Crippen LogP contribution in [0.25, 0.3) is 0 Å². The van der Waals surface area contributed by atoms with Crippen molar-refractivity contribution in [3.05, 3.63) is 29.8 Å². The lowest BCUT2D eigenvalue weighted by molar-refractivity contribution is 0.252. The van der Waals surface area contributed by atoms with Crippen LogP contribution in [0.4, 0.5) is 10.5 Å². The summed E-state index contributed by atoms with van der Waals surface area (Å²) in [5.41, 5.74) is 1.97. The Bertz CT molecular complexity index is 515. The molecule has 0 saturated heterocycles. The van der Waals surface area contributed by atoms with Gasteiger partial charge in [0.2, 0.25) is 0 Å². The van der Waals surface area contributed by atoms with Crippen LogP contribution < -0.4 is 10.6 Å². The predicted octanol–water partition coefficient (Wildman–Crippen LogP) is 8.38. The van der Waals surface area contributed by atoms with Crippen molar-refractivity contribution in [2.75, 3.05) is 11.9 Å². The number of hydrogen-bond donors (Lipinski definition) is 2. The minimum Gasteiger partial charge on any atom is -0.338 e. The Kier molecular flexibility index (Phi) is 16.3. The first kappa shape index (κ1) is 25.5. The van der Waals surface area contributed by atoms with Crippen LogP contribution in [0.15, 0.2) is 24.3 Å². The van der Waals surface area contributed by atoms with E-state index in [1.807, 2.05) is 31.2 Å². The first-order valence-corrected chi connectivity index (χ1v) is 12.3. The molecule has 166 valence electrons. The van der Waals surface area contributed by atoms with Gasteiger partial charge in [0, 0.05) is 12.2 Å². The zero-order valence-electron chi connectivity index (χ0n) is 19.2. The SMILES string of the molecule is CCCCCCCCCCCCCCCCCCNC(=O)Nc1ccccc1C. The topological polar surface area (TPSA) is 41.1 Å². The Labute approximate surface area is 180 Å². The van der Waals surface area contributed by atoms with Gasteiger partial charge in [0.05, 0.1) is 0 Å². The second kappa shape index (κ2) is 18.5. The van der Waals surface area contributed by atoms with E-state index < -0.39 is 0 Å². The highest BCUT2D eigenvalue weighted by Gasteiger charge is 2.02. The molecule has 0 bridgehead atoms. The van der Waals surface area contributed by atoms with Crippen LogP contribution in [0, 0.1) is 6.92 Å². The smallest absolute Gasteiger partial charge is 0.319 e. The summed E-state index contributed by atoms with van der Waals surface area (Å²) in [5, 5.41) is 5.87. The minimum atomic E-state index is -0.0970. The van der Waals surface area contributed by atoms with Crippen molar-refractivity contribution in [3.63, 3.8) is 0 Å². The number of carbonyl (C=O) groups is 1. The summed E-state index contributed by atoms with van der Waals surface area (Å²) in [7, 11) is 0. The molecule has 1 aromatic rings. The molecule has 0 unspecified atom stereocenters. The standard InChI is InChI=1S/C26H46N2O/c1-3-4-5-6-7-8-9-10-11-12-13-14-15-16-17-20-23-27-26(29)28-25-22-19-18-21-24(25)2/h18-19,21-22H,3-17,20,23H2,1-2H3,(H2,27,28,29). The van der Waals surface area contributed by atoms with Crippen molar-refractivity contribution < 1.29 is 4.79 Å². The Morgan fingerprint density at radius 3 is 1.62 bits per heavy atom. The molecule has 0 radical (unpaired) electrons. The molecule has 0 aliphatic rings. The van der Waals surface area contributed by atoms with E-state index in [9.17, 15) is 4.79 Å². The molecule has 2 amide bonds. The zero-order valence-corrected chi connectivity index (χ0v) is 19.2. The van der Waals surface area contributed by atoms with E-state index in [1.165, 1.54) is 96.3 Å². The van der Waals surface area contributed by atoms with E-state index in [2.05, 4.69) is 17.6 Å². The van der Waals surface area contributed by atoms with Crippen LogP contribution in [-0.4, -0.2) is 12.6 Å². The Hall–Kier alpha value is -1.51. The van der Waals surface area contributed by atoms with E-state index in [-0.39, 0.29) is 6.03 Å². The fourth-order valence-electron chi connectivity index (χ4n) is 3.75. The van der Waals surface area contributed by atoms with Crippen LogP contribution in [-0.2, 0) is 0 Å². The van der Waals surface area contributed by atoms with Gasteiger partial charge in [-0.25, -0.2) is 4.79 Å².